The SMILES string of the molecule is CC(OC(=O)COC[C@@H](CO[N+](=O)[O-])O[N+](=O)[O-])OC(=O)N(C)CC[C@H](Oc1cccc2ccccc12)c1cccs1. The van der Waals surface area contributed by atoms with Crippen molar-refractivity contribution in [2.24, 2.45) is 0 Å². The smallest absolute Gasteiger partial charge is 0.412 e. The van der Waals surface area contributed by atoms with Gasteiger partial charge in [0, 0.05) is 37.2 Å². The number of thiophene rings is 1. The van der Waals surface area contributed by atoms with Crippen molar-refractivity contribution in [1.82, 2.24) is 4.90 Å². The van der Waals surface area contributed by atoms with E-state index in [1.807, 2.05) is 60.0 Å². The Morgan fingerprint density at radius 2 is 1.74 bits per heavy atom. The molecule has 42 heavy (non-hydrogen) atoms. The number of nitrogens with zero attached hydrogens (tertiary/aromatic N) is 3. The van der Waals surface area contributed by atoms with Crippen molar-refractivity contribution >= 4 is 34.2 Å². The molecule has 0 bridgehead atoms. The number of fused-ring (bicyclic) bond motifs is 1. The van der Waals surface area contributed by atoms with E-state index in [2.05, 4.69) is 9.68 Å². The highest BCUT2D eigenvalue weighted by Gasteiger charge is 2.22. The molecule has 16 heteroatoms. The molecule has 1 aromatic heterocycles. The largest absolute Gasteiger partial charge is 0.484 e. The van der Waals surface area contributed by atoms with Crippen molar-refractivity contribution in [3.05, 3.63) is 85.1 Å². The Morgan fingerprint density at radius 3 is 2.45 bits per heavy atom. The summed E-state index contributed by atoms with van der Waals surface area (Å²) in [5.41, 5.74) is 0. The van der Waals surface area contributed by atoms with Crippen LogP contribution in [0.25, 0.3) is 10.8 Å². The molecule has 0 radical (unpaired) electrons. The highest BCUT2D eigenvalue weighted by Crippen LogP contribution is 2.33. The van der Waals surface area contributed by atoms with Gasteiger partial charge in [0.05, 0.1) is 6.61 Å². The summed E-state index contributed by atoms with van der Waals surface area (Å²) in [6.45, 7) is -0.468. The van der Waals surface area contributed by atoms with E-state index >= 15 is 0 Å². The zero-order valence-corrected chi connectivity index (χ0v) is 23.5. The Morgan fingerprint density at radius 1 is 0.976 bits per heavy atom. The minimum atomic E-state index is -1.45. The zero-order valence-electron chi connectivity index (χ0n) is 22.7. The highest BCUT2D eigenvalue weighted by atomic mass is 32.1. The van der Waals surface area contributed by atoms with Crippen molar-refractivity contribution in [3.8, 4) is 5.75 Å². The standard InChI is InChI=1S/C26H29N3O12S/c1-18(38-25(30)17-36-15-20(41-29(34)35)16-37-28(32)33)39-26(31)27(2)13-12-23(24-11-6-14-42-24)40-22-10-5-8-19-7-3-4-9-21(19)22/h3-11,14,18,20,23H,12-13,15-17H2,1-2H3/t18?,20-,23-/m0/s1. The number of hydrogen-bond acceptors (Lipinski definition) is 13. The Bertz CT molecular complexity index is 1330. The van der Waals surface area contributed by atoms with E-state index < -0.39 is 54.5 Å². The van der Waals surface area contributed by atoms with E-state index in [9.17, 15) is 29.8 Å². The van der Waals surface area contributed by atoms with E-state index in [1.165, 1.54) is 18.9 Å². The first-order valence-electron chi connectivity index (χ1n) is 12.6. The van der Waals surface area contributed by atoms with Gasteiger partial charge in [0.15, 0.2) is 6.10 Å². The van der Waals surface area contributed by atoms with Crippen LogP contribution in [-0.2, 0) is 28.7 Å². The normalized spacial score (nSPS) is 12.9. The van der Waals surface area contributed by atoms with Crippen LogP contribution < -0.4 is 4.74 Å². The van der Waals surface area contributed by atoms with Crippen molar-refractivity contribution < 1.29 is 48.4 Å². The van der Waals surface area contributed by atoms with Crippen molar-refractivity contribution in [2.75, 3.05) is 33.4 Å². The van der Waals surface area contributed by atoms with Gasteiger partial charge >= 0.3 is 12.1 Å². The topological polar surface area (TPSA) is 179 Å². The maximum atomic E-state index is 12.6. The van der Waals surface area contributed by atoms with Gasteiger partial charge < -0.3 is 33.5 Å². The Hall–Kier alpha value is -4.70. The number of hydrogen-bond donors (Lipinski definition) is 0. The maximum Gasteiger partial charge on any atom is 0.412 e. The van der Waals surface area contributed by atoms with Crippen LogP contribution in [0, 0.1) is 20.2 Å². The number of benzene rings is 2. The zero-order chi connectivity index (χ0) is 30.5. The molecular weight excluding hydrogens is 578 g/mol. The van der Waals surface area contributed by atoms with Crippen molar-refractivity contribution in [1.29, 1.82) is 0 Å². The summed E-state index contributed by atoms with van der Waals surface area (Å²) in [5.74, 6) is -0.227. The second-order valence-electron chi connectivity index (χ2n) is 8.74. The summed E-state index contributed by atoms with van der Waals surface area (Å²) in [4.78, 5) is 55.9. The van der Waals surface area contributed by atoms with Crippen molar-refractivity contribution in [2.45, 2.75) is 31.8 Å². The molecule has 0 aliphatic heterocycles. The molecule has 0 aliphatic rings. The second-order valence-corrected chi connectivity index (χ2v) is 9.72. The van der Waals surface area contributed by atoms with Crippen LogP contribution in [0.3, 0.4) is 0 Å². The van der Waals surface area contributed by atoms with E-state index in [1.54, 1.807) is 11.3 Å². The lowest BCUT2D eigenvalue weighted by atomic mass is 10.1. The van der Waals surface area contributed by atoms with Crippen LogP contribution in [0.4, 0.5) is 4.79 Å². The van der Waals surface area contributed by atoms with Gasteiger partial charge in [0.25, 0.3) is 10.2 Å². The number of rotatable bonds is 17. The van der Waals surface area contributed by atoms with Crippen LogP contribution in [0.1, 0.15) is 24.3 Å². The predicted octanol–water partition coefficient (Wildman–Crippen LogP) is 4.17. The molecule has 0 aliphatic carbocycles. The average Bonchev–Trinajstić information content (AvgIpc) is 3.48. The van der Waals surface area contributed by atoms with Gasteiger partial charge in [-0.1, -0.05) is 42.5 Å². The van der Waals surface area contributed by atoms with E-state index in [-0.39, 0.29) is 12.6 Å². The fourth-order valence-corrected chi connectivity index (χ4v) is 4.50. The fourth-order valence-electron chi connectivity index (χ4n) is 3.71. The first-order valence-corrected chi connectivity index (χ1v) is 13.5. The van der Waals surface area contributed by atoms with Gasteiger partial charge in [0.2, 0.25) is 6.29 Å². The minimum Gasteiger partial charge on any atom is -0.484 e. The van der Waals surface area contributed by atoms with Gasteiger partial charge in [-0.05, 0) is 22.9 Å². The highest BCUT2D eigenvalue weighted by molar-refractivity contribution is 7.10. The quantitative estimate of drug-likeness (QED) is 0.0926. The summed E-state index contributed by atoms with van der Waals surface area (Å²) in [5, 5.41) is 22.4. The minimum absolute atomic E-state index is 0.264. The van der Waals surface area contributed by atoms with E-state index in [4.69, 9.17) is 18.9 Å². The summed E-state index contributed by atoms with van der Waals surface area (Å²) in [6.07, 6.45) is -3.37. The molecule has 0 saturated carbocycles. The Labute approximate surface area is 243 Å². The van der Waals surface area contributed by atoms with Crippen LogP contribution >= 0.6 is 11.3 Å². The summed E-state index contributed by atoms with van der Waals surface area (Å²) < 4.78 is 21.5. The maximum absolute atomic E-state index is 12.6. The molecule has 0 spiro atoms. The third-order valence-corrected chi connectivity index (χ3v) is 6.57. The molecule has 3 aromatic rings. The molecule has 15 nitrogen and oxygen atoms in total. The number of ether oxygens (including phenoxy) is 4. The van der Waals surface area contributed by atoms with Crippen LogP contribution in [0.5, 0.6) is 5.75 Å². The molecule has 226 valence electrons. The Kier molecular flexibility index (Phi) is 12.1. The molecule has 2 aromatic carbocycles. The summed E-state index contributed by atoms with van der Waals surface area (Å²) in [7, 11) is 1.53. The first kappa shape index (κ1) is 31.8. The number of amides is 1. The van der Waals surface area contributed by atoms with Gasteiger partial charge in [-0.25, -0.2) is 9.59 Å². The molecule has 3 atom stereocenters. The van der Waals surface area contributed by atoms with E-state index in [0.29, 0.717) is 6.42 Å². The summed E-state index contributed by atoms with van der Waals surface area (Å²) >= 11 is 1.54. The van der Waals surface area contributed by atoms with Crippen LogP contribution in [0.15, 0.2) is 60.0 Å². The van der Waals surface area contributed by atoms with Gasteiger partial charge in [-0.15, -0.1) is 31.6 Å². The number of carbonyl (C=O) groups excluding carboxylic acids is 2. The number of carbonyl (C=O) groups is 2. The lowest BCUT2D eigenvalue weighted by molar-refractivity contribution is -0.790. The van der Waals surface area contributed by atoms with Crippen LogP contribution in [-0.4, -0.2) is 72.9 Å². The number of esters is 1. The molecular formula is C26H29N3O12S. The van der Waals surface area contributed by atoms with E-state index in [0.717, 1.165) is 21.4 Å². The lowest BCUT2D eigenvalue weighted by Crippen LogP contribution is -2.34. The van der Waals surface area contributed by atoms with Gasteiger partial charge in [0.1, 0.15) is 25.1 Å². The average molecular weight is 608 g/mol. The molecule has 1 unspecified atom stereocenters. The second kappa shape index (κ2) is 15.9. The van der Waals surface area contributed by atoms with Crippen LogP contribution in [0.2, 0.25) is 0 Å². The monoisotopic (exact) mass is 607 g/mol. The van der Waals surface area contributed by atoms with Gasteiger partial charge in [-0.3, -0.25) is 0 Å². The molecule has 3 rings (SSSR count). The Balaban J connectivity index is 1.46. The van der Waals surface area contributed by atoms with Crippen molar-refractivity contribution in [3.63, 3.8) is 0 Å². The molecule has 1 heterocycles. The third-order valence-electron chi connectivity index (χ3n) is 5.61. The fraction of sp³-hybridized carbons (Fsp3) is 0.385. The molecule has 0 N–H and O–H groups in total. The third kappa shape index (κ3) is 10.4. The molecule has 0 fully saturated rings. The predicted molar refractivity (Wildman–Crippen MR) is 147 cm³/mol. The first-order chi connectivity index (χ1) is 20.1. The summed E-state index contributed by atoms with van der Waals surface area (Å²) in [6, 6.07) is 17.6. The lowest BCUT2D eigenvalue weighted by Gasteiger charge is -2.24. The molecule has 1 amide bonds. The van der Waals surface area contributed by atoms with Gasteiger partial charge in [-0.2, -0.15) is 0 Å². The molecule has 0 saturated heterocycles.